The van der Waals surface area contributed by atoms with Crippen LogP contribution in [0.4, 0.5) is 0 Å². The van der Waals surface area contributed by atoms with Gasteiger partial charge in [0, 0.05) is 6.04 Å². The first-order chi connectivity index (χ1) is 8.84. The molecule has 2 saturated carbocycles. The Morgan fingerprint density at radius 1 is 1.06 bits per heavy atom. The molecule has 2 nitrogen and oxygen atoms in total. The van der Waals surface area contributed by atoms with Gasteiger partial charge in [0.2, 0.25) is 0 Å². The van der Waals surface area contributed by atoms with Crippen LogP contribution in [-0.4, -0.2) is 12.6 Å². The van der Waals surface area contributed by atoms with E-state index >= 15 is 0 Å². The lowest BCUT2D eigenvalue weighted by molar-refractivity contribution is 0.119. The summed E-state index contributed by atoms with van der Waals surface area (Å²) >= 11 is 0. The first-order valence-electron chi connectivity index (χ1n) is 7.90. The topological polar surface area (TPSA) is 35.2 Å². The standard InChI is InChI=1S/C16H27NO/c17-16(15-6-3-9-18-11-15)14-8-7-12-4-1-2-5-13(12)10-14/h11-14,16H,1-10,17H2. The minimum Gasteiger partial charge on any atom is -0.501 e. The number of ether oxygens (including phenoxy) is 1. The molecule has 0 aromatic carbocycles. The molecule has 0 spiro atoms. The van der Waals surface area contributed by atoms with Gasteiger partial charge < -0.3 is 10.5 Å². The van der Waals surface area contributed by atoms with Crippen molar-refractivity contribution >= 4 is 0 Å². The van der Waals surface area contributed by atoms with Crippen molar-refractivity contribution in [1.82, 2.24) is 0 Å². The van der Waals surface area contributed by atoms with E-state index in [9.17, 15) is 0 Å². The molecule has 102 valence electrons. The van der Waals surface area contributed by atoms with Crippen molar-refractivity contribution < 1.29 is 4.74 Å². The Balaban J connectivity index is 1.61. The normalized spacial score (nSPS) is 38.3. The Labute approximate surface area is 111 Å². The van der Waals surface area contributed by atoms with E-state index in [2.05, 4.69) is 0 Å². The fourth-order valence-corrected chi connectivity index (χ4v) is 4.37. The predicted molar refractivity (Wildman–Crippen MR) is 74.0 cm³/mol. The summed E-state index contributed by atoms with van der Waals surface area (Å²) in [5.74, 6) is 2.73. The van der Waals surface area contributed by atoms with Gasteiger partial charge in [-0.1, -0.05) is 25.7 Å². The van der Waals surface area contributed by atoms with Crippen LogP contribution in [0.2, 0.25) is 0 Å². The molecule has 4 atom stereocenters. The van der Waals surface area contributed by atoms with Crippen molar-refractivity contribution in [2.75, 3.05) is 6.61 Å². The first-order valence-corrected chi connectivity index (χ1v) is 7.90. The Morgan fingerprint density at radius 2 is 1.89 bits per heavy atom. The molecule has 0 amide bonds. The molecule has 1 aliphatic heterocycles. The molecule has 1 heterocycles. The predicted octanol–water partition coefficient (Wildman–Crippen LogP) is 3.61. The van der Waals surface area contributed by atoms with Crippen LogP contribution in [0, 0.1) is 17.8 Å². The van der Waals surface area contributed by atoms with Gasteiger partial charge in [-0.25, -0.2) is 0 Å². The third kappa shape index (κ3) is 2.59. The van der Waals surface area contributed by atoms with Crippen molar-refractivity contribution in [3.63, 3.8) is 0 Å². The summed E-state index contributed by atoms with van der Waals surface area (Å²) in [6.45, 7) is 0.881. The van der Waals surface area contributed by atoms with Crippen molar-refractivity contribution in [2.45, 2.75) is 63.8 Å². The Morgan fingerprint density at radius 3 is 2.67 bits per heavy atom. The maximum atomic E-state index is 6.50. The Hall–Kier alpha value is -0.500. The van der Waals surface area contributed by atoms with Crippen molar-refractivity contribution in [3.05, 3.63) is 11.8 Å². The van der Waals surface area contributed by atoms with Crippen molar-refractivity contribution in [1.29, 1.82) is 0 Å². The minimum absolute atomic E-state index is 0.271. The summed E-state index contributed by atoms with van der Waals surface area (Å²) in [6, 6.07) is 0.271. The molecule has 0 aromatic heterocycles. The number of nitrogens with two attached hydrogens (primary N) is 1. The highest BCUT2D eigenvalue weighted by atomic mass is 16.5. The molecule has 2 aliphatic carbocycles. The van der Waals surface area contributed by atoms with E-state index in [0.29, 0.717) is 0 Å². The zero-order valence-electron chi connectivity index (χ0n) is 11.4. The molecule has 2 heteroatoms. The van der Waals surface area contributed by atoms with Gasteiger partial charge in [0.05, 0.1) is 12.9 Å². The van der Waals surface area contributed by atoms with Gasteiger partial charge in [-0.05, 0) is 55.4 Å². The van der Waals surface area contributed by atoms with Gasteiger partial charge in [0.1, 0.15) is 0 Å². The summed E-state index contributed by atoms with van der Waals surface area (Å²) in [5, 5.41) is 0. The molecule has 0 bridgehead atoms. The van der Waals surface area contributed by atoms with E-state index in [4.69, 9.17) is 10.5 Å². The third-order valence-electron chi connectivity index (χ3n) is 5.48. The zero-order valence-corrected chi connectivity index (χ0v) is 11.4. The smallest absolute Gasteiger partial charge is 0.0876 e. The summed E-state index contributed by atoms with van der Waals surface area (Å²) in [6.07, 6.45) is 14.3. The molecule has 2 fully saturated rings. The summed E-state index contributed by atoms with van der Waals surface area (Å²) in [7, 11) is 0. The molecule has 3 aliphatic rings. The van der Waals surface area contributed by atoms with E-state index in [1.54, 1.807) is 0 Å². The van der Waals surface area contributed by atoms with Gasteiger partial charge >= 0.3 is 0 Å². The Bertz CT molecular complexity index is 312. The summed E-state index contributed by atoms with van der Waals surface area (Å²) in [4.78, 5) is 0. The fourth-order valence-electron chi connectivity index (χ4n) is 4.37. The van der Waals surface area contributed by atoms with E-state index < -0.39 is 0 Å². The molecular weight excluding hydrogens is 222 g/mol. The van der Waals surface area contributed by atoms with Gasteiger partial charge in [0.15, 0.2) is 0 Å². The van der Waals surface area contributed by atoms with Crippen LogP contribution < -0.4 is 5.73 Å². The number of fused-ring (bicyclic) bond motifs is 1. The van der Waals surface area contributed by atoms with E-state index in [1.165, 1.54) is 50.5 Å². The molecule has 0 radical (unpaired) electrons. The lowest BCUT2D eigenvalue weighted by atomic mass is 9.65. The number of rotatable bonds is 2. The highest BCUT2D eigenvalue weighted by Crippen LogP contribution is 2.44. The quantitative estimate of drug-likeness (QED) is 0.811. The van der Waals surface area contributed by atoms with Gasteiger partial charge in [-0.15, -0.1) is 0 Å². The summed E-state index contributed by atoms with van der Waals surface area (Å²) in [5.41, 5.74) is 7.87. The number of hydrogen-bond donors (Lipinski definition) is 1. The average molecular weight is 249 g/mol. The molecule has 3 rings (SSSR count). The minimum atomic E-state index is 0.271. The van der Waals surface area contributed by atoms with Crippen LogP contribution in [0.25, 0.3) is 0 Å². The van der Waals surface area contributed by atoms with Crippen molar-refractivity contribution in [2.24, 2.45) is 23.5 Å². The van der Waals surface area contributed by atoms with Crippen molar-refractivity contribution in [3.8, 4) is 0 Å². The first kappa shape index (κ1) is 12.5. The molecule has 2 N–H and O–H groups in total. The van der Waals surface area contributed by atoms with Crippen LogP contribution in [0.1, 0.15) is 57.8 Å². The second kappa shape index (κ2) is 5.64. The van der Waals surface area contributed by atoms with E-state index in [-0.39, 0.29) is 6.04 Å². The maximum Gasteiger partial charge on any atom is 0.0876 e. The zero-order chi connectivity index (χ0) is 12.4. The van der Waals surface area contributed by atoms with Crippen LogP contribution in [0.5, 0.6) is 0 Å². The van der Waals surface area contributed by atoms with Crippen LogP contribution >= 0.6 is 0 Å². The second-order valence-electron chi connectivity index (χ2n) is 6.57. The molecule has 0 saturated heterocycles. The van der Waals surface area contributed by atoms with Gasteiger partial charge in [0.25, 0.3) is 0 Å². The summed E-state index contributed by atoms with van der Waals surface area (Å²) < 4.78 is 5.46. The lowest BCUT2D eigenvalue weighted by Crippen LogP contribution is -2.39. The molecule has 0 aromatic rings. The number of hydrogen-bond acceptors (Lipinski definition) is 2. The maximum absolute atomic E-state index is 6.50. The average Bonchev–Trinajstić information content (AvgIpc) is 2.47. The van der Waals surface area contributed by atoms with Crippen LogP contribution in [0.15, 0.2) is 11.8 Å². The monoisotopic (exact) mass is 249 g/mol. The van der Waals surface area contributed by atoms with Crippen LogP contribution in [0.3, 0.4) is 0 Å². The lowest BCUT2D eigenvalue weighted by Gasteiger charge is -2.41. The SMILES string of the molecule is NC(C1=COCCC1)C1CCC2CCCCC2C1. The molecule has 4 unspecified atom stereocenters. The second-order valence-corrected chi connectivity index (χ2v) is 6.57. The van der Waals surface area contributed by atoms with Gasteiger partial charge in [-0.3, -0.25) is 0 Å². The Kier molecular flexibility index (Phi) is 3.93. The molecular formula is C16H27NO. The largest absolute Gasteiger partial charge is 0.501 e. The highest BCUT2D eigenvalue weighted by Gasteiger charge is 2.35. The molecule has 18 heavy (non-hydrogen) atoms. The van der Waals surface area contributed by atoms with E-state index in [1.807, 2.05) is 6.26 Å². The fraction of sp³-hybridized carbons (Fsp3) is 0.875. The van der Waals surface area contributed by atoms with Gasteiger partial charge in [-0.2, -0.15) is 0 Å². The van der Waals surface area contributed by atoms with E-state index in [0.717, 1.165) is 37.2 Å². The third-order valence-corrected chi connectivity index (χ3v) is 5.48. The highest BCUT2D eigenvalue weighted by molar-refractivity contribution is 5.11. The van der Waals surface area contributed by atoms with Crippen LogP contribution in [-0.2, 0) is 4.74 Å².